The number of hydrogen-bond acceptors (Lipinski definition) is 1. The predicted octanol–water partition coefficient (Wildman–Crippen LogP) is 2.88. The van der Waals surface area contributed by atoms with Gasteiger partial charge in [-0.15, -0.1) is 0 Å². The Morgan fingerprint density at radius 3 is 2.40 bits per heavy atom. The average Bonchev–Trinajstić information content (AvgIpc) is 1.91. The molecule has 0 aromatic carbocycles. The monoisotopic (exact) mass is 314 g/mol. The second-order valence-electron chi connectivity index (χ2n) is 1.51. The average molecular weight is 317 g/mol. The summed E-state index contributed by atoms with van der Waals surface area (Å²) in [6, 6.07) is 5.64. The summed E-state index contributed by atoms with van der Waals surface area (Å²) in [5.74, 6) is 0. The van der Waals surface area contributed by atoms with Crippen molar-refractivity contribution < 1.29 is 13.2 Å². The van der Waals surface area contributed by atoms with E-state index in [9.17, 15) is 0 Å². The van der Waals surface area contributed by atoms with E-state index in [1.54, 1.807) is 6.07 Å². The molecule has 1 aromatic heterocycles. The number of aryl methyl sites for hydroxylation is 1. The summed E-state index contributed by atoms with van der Waals surface area (Å²) < 4.78 is 0. The second-order valence-corrected chi connectivity index (χ2v) is 15.6. The van der Waals surface area contributed by atoms with Crippen LogP contribution in [-0.4, -0.2) is 4.98 Å². The Bertz CT molecular complexity index is 157. The van der Waals surface area contributed by atoms with Crippen LogP contribution in [0.1, 0.15) is 5.69 Å². The topological polar surface area (TPSA) is 12.9 Å². The van der Waals surface area contributed by atoms with E-state index >= 15 is 0 Å². The van der Waals surface area contributed by atoms with Crippen LogP contribution in [0.25, 0.3) is 0 Å². The fourth-order valence-corrected chi connectivity index (χ4v) is 0.407. The molecule has 0 fully saturated rings. The Hall–Kier alpha value is 0.733. The normalized spacial score (nSPS) is 7.10. The molecule has 1 aromatic rings. The molecule has 51 valence electrons. The summed E-state index contributed by atoms with van der Waals surface area (Å²) >= 11 is 6.25. The molecule has 0 atom stereocenters. The molecule has 0 spiro atoms. The number of nitrogens with zero attached hydrogens (tertiary/aromatic N) is 1. The van der Waals surface area contributed by atoms with Gasteiger partial charge in [0.25, 0.3) is 0 Å². The molecule has 0 aliphatic carbocycles. The van der Waals surface area contributed by atoms with Crippen LogP contribution in [0.5, 0.6) is 0 Å². The molecule has 1 rings (SSSR count). The molecular weight excluding hydrogens is 311 g/mol. The van der Waals surface area contributed by atoms with Gasteiger partial charge in [-0.2, -0.15) is 0 Å². The van der Waals surface area contributed by atoms with Gasteiger partial charge in [-0.1, -0.05) is 6.07 Å². The van der Waals surface area contributed by atoms with E-state index in [1.165, 1.54) is 0 Å². The third-order valence-electron chi connectivity index (χ3n) is 0.749. The summed E-state index contributed by atoms with van der Waals surface area (Å²) in [6.45, 7) is 1.94. The summed E-state index contributed by atoms with van der Waals surface area (Å²) in [4.78, 5) is 3.85. The van der Waals surface area contributed by atoms with Gasteiger partial charge >= 0.3 is 40.5 Å². The standard InChI is InChI=1S/C6H6N.2BrH.Zn/c1-6-4-2-3-5-7-6;;;/h2-4H,1H3;2*1H;/q;;;+2/p-2. The molecule has 0 saturated carbocycles. The molecule has 1 heterocycles. The van der Waals surface area contributed by atoms with E-state index in [1.807, 2.05) is 19.1 Å². The molecule has 0 aliphatic heterocycles. The Balaban J connectivity index is 0.000000236. The number of halogens is 2. The van der Waals surface area contributed by atoms with Crippen LogP contribution in [0, 0.1) is 13.1 Å². The fourth-order valence-electron chi connectivity index (χ4n) is 0.407. The zero-order chi connectivity index (χ0) is 7.82. The van der Waals surface area contributed by atoms with Gasteiger partial charge in [-0.25, -0.2) is 0 Å². The van der Waals surface area contributed by atoms with Gasteiger partial charge < -0.3 is 0 Å². The van der Waals surface area contributed by atoms with Gasteiger partial charge in [0.2, 0.25) is 0 Å². The van der Waals surface area contributed by atoms with Gasteiger partial charge in [0.05, 0.1) is 6.20 Å². The molecule has 0 unspecified atom stereocenters. The van der Waals surface area contributed by atoms with Crippen molar-refractivity contribution >= 4 is 27.2 Å². The van der Waals surface area contributed by atoms with Crippen LogP contribution in [0.3, 0.4) is 0 Å². The Labute approximate surface area is 81.9 Å². The summed E-state index contributed by atoms with van der Waals surface area (Å²) in [5, 5.41) is 0. The zero-order valence-corrected chi connectivity index (χ0v) is 11.8. The fraction of sp³-hybridized carbons (Fsp3) is 0.167. The van der Waals surface area contributed by atoms with E-state index in [-0.39, 0.29) is 13.2 Å². The maximum absolute atomic E-state index is 3.85. The number of hydrogen-bond donors (Lipinski definition) is 0. The minimum absolute atomic E-state index is 0.250. The van der Waals surface area contributed by atoms with Crippen molar-refractivity contribution in [3.63, 3.8) is 0 Å². The Morgan fingerprint density at radius 2 is 2.20 bits per heavy atom. The van der Waals surface area contributed by atoms with E-state index in [0.29, 0.717) is 0 Å². The molecule has 0 bridgehead atoms. The van der Waals surface area contributed by atoms with E-state index < -0.39 is 0 Å². The molecule has 1 radical (unpaired) electrons. The second kappa shape index (κ2) is 7.84. The maximum atomic E-state index is 3.85. The molecule has 0 N–H and O–H groups in total. The minimum atomic E-state index is -0.250. The van der Waals surface area contributed by atoms with Gasteiger partial charge in [-0.3, -0.25) is 4.98 Å². The molecule has 1 nitrogen and oxygen atoms in total. The Kier molecular flexibility index (Phi) is 8.41. The molecule has 0 saturated heterocycles. The predicted molar refractivity (Wildman–Crippen MR) is 45.7 cm³/mol. The quantitative estimate of drug-likeness (QED) is 0.671. The molecule has 10 heavy (non-hydrogen) atoms. The van der Waals surface area contributed by atoms with Crippen LogP contribution in [0.4, 0.5) is 0 Å². The third-order valence-corrected chi connectivity index (χ3v) is 0.749. The van der Waals surface area contributed by atoms with Gasteiger partial charge in [0.1, 0.15) is 0 Å². The number of aromatic nitrogens is 1. The van der Waals surface area contributed by atoms with Crippen molar-refractivity contribution in [1.82, 2.24) is 4.98 Å². The molecule has 0 amide bonds. The molecular formula is C6H6Br2NZn. The van der Waals surface area contributed by atoms with Crippen LogP contribution in [-0.2, 0) is 13.2 Å². The van der Waals surface area contributed by atoms with Crippen molar-refractivity contribution in [2.24, 2.45) is 0 Å². The first kappa shape index (κ1) is 10.7. The zero-order valence-electron chi connectivity index (χ0n) is 5.64. The summed E-state index contributed by atoms with van der Waals surface area (Å²) in [6.07, 6.45) is 2.71. The molecule has 0 aliphatic rings. The van der Waals surface area contributed by atoms with Crippen LogP contribution < -0.4 is 0 Å². The van der Waals surface area contributed by atoms with Crippen molar-refractivity contribution in [3.8, 4) is 0 Å². The van der Waals surface area contributed by atoms with E-state index in [2.05, 4.69) is 38.4 Å². The van der Waals surface area contributed by atoms with Crippen molar-refractivity contribution in [3.05, 3.63) is 30.1 Å². The van der Waals surface area contributed by atoms with Crippen LogP contribution in [0.2, 0.25) is 0 Å². The van der Waals surface area contributed by atoms with E-state index in [4.69, 9.17) is 0 Å². The number of pyridine rings is 1. The molecule has 4 heteroatoms. The third kappa shape index (κ3) is 6.85. The van der Waals surface area contributed by atoms with Crippen molar-refractivity contribution in [2.45, 2.75) is 6.92 Å². The summed E-state index contributed by atoms with van der Waals surface area (Å²) in [7, 11) is 0. The van der Waals surface area contributed by atoms with Crippen molar-refractivity contribution in [2.75, 3.05) is 0 Å². The Morgan fingerprint density at radius 1 is 1.60 bits per heavy atom. The summed E-state index contributed by atoms with van der Waals surface area (Å²) in [5.41, 5.74) is 1.02. The van der Waals surface area contributed by atoms with E-state index in [0.717, 1.165) is 5.69 Å². The van der Waals surface area contributed by atoms with Gasteiger partial charge in [-0.05, 0) is 19.1 Å². The SMILES string of the molecule is Cc1ccc[c]n1.[Br][Zn][Br]. The first-order valence-electron chi connectivity index (χ1n) is 2.73. The number of rotatable bonds is 0. The van der Waals surface area contributed by atoms with Crippen molar-refractivity contribution in [1.29, 1.82) is 0 Å². The van der Waals surface area contributed by atoms with Crippen LogP contribution >= 0.6 is 27.2 Å². The first-order valence-corrected chi connectivity index (χ1v) is 16.6. The van der Waals surface area contributed by atoms with Crippen LogP contribution in [0.15, 0.2) is 18.2 Å². The van der Waals surface area contributed by atoms with Gasteiger partial charge in [0, 0.05) is 5.69 Å². The first-order chi connectivity index (χ1) is 4.81. The van der Waals surface area contributed by atoms with Gasteiger partial charge in [0.15, 0.2) is 0 Å².